The van der Waals surface area contributed by atoms with Crippen LogP contribution in [0.1, 0.15) is 43.4 Å². The first-order valence-electron chi connectivity index (χ1n) is 8.82. The second kappa shape index (κ2) is 9.12. The van der Waals surface area contributed by atoms with E-state index in [1.807, 2.05) is 6.92 Å². The number of hydrogen-bond acceptors (Lipinski definition) is 1. The highest BCUT2D eigenvalue weighted by Gasteiger charge is 1.99. The molecule has 0 saturated carbocycles. The van der Waals surface area contributed by atoms with Crippen molar-refractivity contribution in [3.63, 3.8) is 0 Å². The second-order valence-electron chi connectivity index (χ2n) is 6.46. The molecule has 126 valence electrons. The smallest absolute Gasteiger partial charge is 0.0340 e. The second-order valence-corrected chi connectivity index (χ2v) is 6.46. The van der Waals surface area contributed by atoms with Crippen molar-refractivity contribution >= 4 is 5.69 Å². The normalized spacial score (nSPS) is 10.4. The summed E-state index contributed by atoms with van der Waals surface area (Å²) < 4.78 is 0. The van der Waals surface area contributed by atoms with E-state index in [-0.39, 0.29) is 0 Å². The number of hydrogen-bond donors (Lipinski definition) is 1. The van der Waals surface area contributed by atoms with E-state index in [9.17, 15) is 0 Å². The maximum Gasteiger partial charge on any atom is 0.0340 e. The van der Waals surface area contributed by atoms with Gasteiger partial charge >= 0.3 is 0 Å². The quantitative estimate of drug-likeness (QED) is 0.431. The molecule has 0 aliphatic heterocycles. The molecule has 0 aliphatic carbocycles. The fourth-order valence-electron chi connectivity index (χ4n) is 2.62. The van der Waals surface area contributed by atoms with Gasteiger partial charge in [0, 0.05) is 12.2 Å². The van der Waals surface area contributed by atoms with Crippen LogP contribution in [0, 0.1) is 0 Å². The summed E-state index contributed by atoms with van der Waals surface area (Å²) in [6.07, 6.45) is 4.18. The fraction of sp³-hybridized carbons (Fsp3) is 0.304. The van der Waals surface area contributed by atoms with Gasteiger partial charge in [-0.3, -0.25) is 0 Å². The molecule has 1 N–H and O–H groups in total. The molecule has 0 heterocycles. The van der Waals surface area contributed by atoms with Gasteiger partial charge in [0.05, 0.1) is 0 Å². The Morgan fingerprint density at radius 2 is 1.42 bits per heavy atom. The molecule has 0 unspecified atom stereocenters. The average molecular weight is 319 g/mol. The minimum Gasteiger partial charge on any atom is -0.385 e. The van der Waals surface area contributed by atoms with Crippen LogP contribution in [0.5, 0.6) is 0 Å². The first-order chi connectivity index (χ1) is 11.6. The maximum atomic E-state index is 4.03. The monoisotopic (exact) mass is 319 g/mol. The highest BCUT2D eigenvalue weighted by Crippen LogP contribution is 2.16. The molecular formula is C23H29N. The molecule has 0 aliphatic rings. The van der Waals surface area contributed by atoms with E-state index in [0.717, 1.165) is 43.4 Å². The highest BCUT2D eigenvalue weighted by atomic mass is 14.9. The van der Waals surface area contributed by atoms with Gasteiger partial charge in [-0.1, -0.05) is 67.6 Å². The molecule has 0 saturated heterocycles. The molecule has 0 fully saturated rings. The molecule has 0 spiro atoms. The van der Waals surface area contributed by atoms with Crippen LogP contribution in [-0.4, -0.2) is 6.54 Å². The van der Waals surface area contributed by atoms with Gasteiger partial charge < -0.3 is 5.32 Å². The van der Waals surface area contributed by atoms with Gasteiger partial charge in [0.1, 0.15) is 0 Å². The average Bonchev–Trinajstić information content (AvgIpc) is 2.60. The molecule has 2 aromatic carbocycles. The summed E-state index contributed by atoms with van der Waals surface area (Å²) in [5.74, 6) is 0. The Morgan fingerprint density at radius 1 is 0.875 bits per heavy atom. The lowest BCUT2D eigenvalue weighted by atomic mass is 10.0. The summed E-state index contributed by atoms with van der Waals surface area (Å²) in [4.78, 5) is 0. The van der Waals surface area contributed by atoms with Crippen molar-refractivity contribution in [1.29, 1.82) is 0 Å². The van der Waals surface area contributed by atoms with Crippen LogP contribution in [-0.2, 0) is 12.8 Å². The van der Waals surface area contributed by atoms with Crippen molar-refractivity contribution in [2.45, 2.75) is 39.5 Å². The van der Waals surface area contributed by atoms with E-state index in [0.29, 0.717) is 0 Å². The van der Waals surface area contributed by atoms with Gasteiger partial charge in [-0.2, -0.15) is 0 Å². The van der Waals surface area contributed by atoms with Crippen molar-refractivity contribution in [3.05, 3.63) is 89.5 Å². The first kappa shape index (κ1) is 18.1. The lowest BCUT2D eigenvalue weighted by Gasteiger charge is -2.09. The number of allylic oxidation sites excluding steroid dienone is 2. The molecule has 2 rings (SSSR count). The Labute approximate surface area is 147 Å². The van der Waals surface area contributed by atoms with Crippen LogP contribution in [0.3, 0.4) is 0 Å². The Kier molecular flexibility index (Phi) is 6.87. The van der Waals surface area contributed by atoms with E-state index in [1.165, 1.54) is 22.4 Å². The van der Waals surface area contributed by atoms with Crippen LogP contribution in [0.2, 0.25) is 0 Å². The summed E-state index contributed by atoms with van der Waals surface area (Å²) in [6.45, 7) is 13.1. The predicted molar refractivity (Wildman–Crippen MR) is 107 cm³/mol. The minimum absolute atomic E-state index is 0.962. The fourth-order valence-corrected chi connectivity index (χ4v) is 2.62. The molecule has 1 heteroatoms. The standard InChI is InChI=1S/C23H29N/c1-5-20-8-10-21(11-9-20)17-22-12-14-23(15-13-22)24-16-6-7-19(4)18(2)3/h8-15,24H,2,4-7,16-17H2,1,3H3. The SMILES string of the molecule is C=C(C)C(=C)CCCNc1ccc(Cc2ccc(CC)cc2)cc1. The van der Waals surface area contributed by atoms with E-state index in [2.05, 4.69) is 73.9 Å². The number of aryl methyl sites for hydroxylation is 1. The molecule has 24 heavy (non-hydrogen) atoms. The zero-order valence-electron chi connectivity index (χ0n) is 15.1. The Morgan fingerprint density at radius 3 is 1.96 bits per heavy atom. The third kappa shape index (κ3) is 5.73. The van der Waals surface area contributed by atoms with E-state index < -0.39 is 0 Å². The molecule has 2 aromatic rings. The summed E-state index contributed by atoms with van der Waals surface area (Å²) in [5.41, 5.74) is 7.54. The van der Waals surface area contributed by atoms with E-state index >= 15 is 0 Å². The largest absolute Gasteiger partial charge is 0.385 e. The maximum absolute atomic E-state index is 4.03. The first-order valence-corrected chi connectivity index (χ1v) is 8.82. The van der Waals surface area contributed by atoms with Gasteiger partial charge in [0.2, 0.25) is 0 Å². The predicted octanol–water partition coefficient (Wildman–Crippen LogP) is 6.16. The van der Waals surface area contributed by atoms with Crippen molar-refractivity contribution in [2.24, 2.45) is 0 Å². The third-order valence-corrected chi connectivity index (χ3v) is 4.38. The Balaban J connectivity index is 1.79. The zero-order valence-corrected chi connectivity index (χ0v) is 15.1. The van der Waals surface area contributed by atoms with Gasteiger partial charge in [0.25, 0.3) is 0 Å². The summed E-state index contributed by atoms with van der Waals surface area (Å²) in [5, 5.41) is 3.47. The zero-order chi connectivity index (χ0) is 17.4. The Bertz CT molecular complexity index is 662. The number of benzene rings is 2. The van der Waals surface area contributed by atoms with Crippen molar-refractivity contribution < 1.29 is 0 Å². The van der Waals surface area contributed by atoms with Crippen molar-refractivity contribution in [1.82, 2.24) is 0 Å². The molecule has 1 nitrogen and oxygen atoms in total. The van der Waals surface area contributed by atoms with E-state index in [1.54, 1.807) is 0 Å². The molecule has 0 aromatic heterocycles. The number of anilines is 1. The van der Waals surface area contributed by atoms with Gasteiger partial charge in [-0.25, -0.2) is 0 Å². The van der Waals surface area contributed by atoms with Gasteiger partial charge in [-0.15, -0.1) is 0 Å². The molecular weight excluding hydrogens is 290 g/mol. The lowest BCUT2D eigenvalue weighted by molar-refractivity contribution is 0.860. The van der Waals surface area contributed by atoms with Crippen LogP contribution in [0.4, 0.5) is 5.69 Å². The number of nitrogens with one attached hydrogen (secondary N) is 1. The van der Waals surface area contributed by atoms with Crippen LogP contribution < -0.4 is 5.32 Å². The highest BCUT2D eigenvalue weighted by molar-refractivity contribution is 5.45. The minimum atomic E-state index is 0.962. The Hall–Kier alpha value is -2.28. The number of rotatable bonds is 9. The van der Waals surface area contributed by atoms with Crippen LogP contribution >= 0.6 is 0 Å². The molecule has 0 radical (unpaired) electrons. The molecule has 0 bridgehead atoms. The van der Waals surface area contributed by atoms with E-state index in [4.69, 9.17) is 0 Å². The van der Waals surface area contributed by atoms with Gasteiger partial charge in [-0.05, 0) is 61.4 Å². The van der Waals surface area contributed by atoms with Crippen molar-refractivity contribution in [2.75, 3.05) is 11.9 Å². The molecule has 0 amide bonds. The summed E-state index contributed by atoms with van der Waals surface area (Å²) in [7, 11) is 0. The lowest BCUT2D eigenvalue weighted by Crippen LogP contribution is -2.02. The topological polar surface area (TPSA) is 12.0 Å². The van der Waals surface area contributed by atoms with Crippen molar-refractivity contribution in [3.8, 4) is 0 Å². The third-order valence-electron chi connectivity index (χ3n) is 4.38. The van der Waals surface area contributed by atoms with Gasteiger partial charge in [0.15, 0.2) is 0 Å². The summed E-state index contributed by atoms with van der Waals surface area (Å²) in [6, 6.07) is 17.7. The molecule has 0 atom stereocenters. The van der Waals surface area contributed by atoms with Crippen LogP contribution in [0.25, 0.3) is 0 Å². The summed E-state index contributed by atoms with van der Waals surface area (Å²) >= 11 is 0. The van der Waals surface area contributed by atoms with Crippen LogP contribution in [0.15, 0.2) is 72.8 Å².